The molecule has 0 aliphatic carbocycles. The Balaban J connectivity index is 1.56. The molecule has 2 aromatic carbocycles. The molecule has 0 aliphatic heterocycles. The maximum Gasteiger partial charge on any atom is 0.251 e. The highest BCUT2D eigenvalue weighted by atomic mass is 32.2. The van der Waals surface area contributed by atoms with Crippen molar-refractivity contribution < 1.29 is 14.0 Å². The molecule has 0 radical (unpaired) electrons. The molecule has 0 fully saturated rings. The number of hydrogen-bond donors (Lipinski definition) is 2. The standard InChI is InChI=1S/C21H22FN5O2S/c1-3-27-18(12-23-20(29)15-9-7-14(2)8-10-15)25-26-21(27)30-13-19(28)24-17-6-4-5-16(22)11-17/h4-11H,3,12-13H2,1-2H3,(H,23,29)(H,24,28). The molecule has 3 aromatic rings. The predicted octanol–water partition coefficient (Wildman–Crippen LogP) is 3.41. The molecule has 2 amide bonds. The molecule has 2 N–H and O–H groups in total. The van der Waals surface area contributed by atoms with E-state index >= 15 is 0 Å². The van der Waals surface area contributed by atoms with Gasteiger partial charge in [-0.05, 0) is 44.2 Å². The molecule has 0 spiro atoms. The summed E-state index contributed by atoms with van der Waals surface area (Å²) in [6.45, 7) is 4.72. The fraction of sp³-hybridized carbons (Fsp3) is 0.238. The number of rotatable bonds is 8. The molecule has 156 valence electrons. The Morgan fingerprint density at radius 1 is 1.13 bits per heavy atom. The highest BCUT2D eigenvalue weighted by molar-refractivity contribution is 7.99. The van der Waals surface area contributed by atoms with Crippen molar-refractivity contribution in [3.05, 3.63) is 71.3 Å². The first kappa shape index (κ1) is 21.5. The van der Waals surface area contributed by atoms with Crippen LogP contribution in [0.15, 0.2) is 53.7 Å². The molecular formula is C21H22FN5O2S. The molecular weight excluding hydrogens is 405 g/mol. The summed E-state index contributed by atoms with van der Waals surface area (Å²) < 4.78 is 15.1. The number of amides is 2. The van der Waals surface area contributed by atoms with E-state index in [0.29, 0.717) is 28.8 Å². The summed E-state index contributed by atoms with van der Waals surface area (Å²) in [7, 11) is 0. The van der Waals surface area contributed by atoms with E-state index in [2.05, 4.69) is 20.8 Å². The van der Waals surface area contributed by atoms with Gasteiger partial charge in [0.1, 0.15) is 5.82 Å². The van der Waals surface area contributed by atoms with Gasteiger partial charge in [0.15, 0.2) is 11.0 Å². The van der Waals surface area contributed by atoms with Gasteiger partial charge in [0.05, 0.1) is 12.3 Å². The molecule has 0 aliphatic rings. The van der Waals surface area contributed by atoms with E-state index in [9.17, 15) is 14.0 Å². The second-order valence-corrected chi connectivity index (χ2v) is 7.48. The minimum absolute atomic E-state index is 0.102. The number of aryl methyl sites for hydroxylation is 1. The topological polar surface area (TPSA) is 88.9 Å². The number of halogens is 1. The summed E-state index contributed by atoms with van der Waals surface area (Å²) in [6, 6.07) is 13.0. The van der Waals surface area contributed by atoms with Crippen LogP contribution in [0.4, 0.5) is 10.1 Å². The van der Waals surface area contributed by atoms with Crippen LogP contribution in [0.1, 0.15) is 28.7 Å². The third-order valence-electron chi connectivity index (χ3n) is 4.27. The summed E-state index contributed by atoms with van der Waals surface area (Å²) >= 11 is 1.23. The third kappa shape index (κ3) is 5.66. The van der Waals surface area contributed by atoms with Gasteiger partial charge >= 0.3 is 0 Å². The van der Waals surface area contributed by atoms with Gasteiger partial charge in [-0.1, -0.05) is 35.5 Å². The lowest BCUT2D eigenvalue weighted by Gasteiger charge is -2.09. The molecule has 0 bridgehead atoms. The van der Waals surface area contributed by atoms with Crippen LogP contribution in [0.25, 0.3) is 0 Å². The minimum Gasteiger partial charge on any atom is -0.345 e. The van der Waals surface area contributed by atoms with Crippen LogP contribution in [-0.2, 0) is 17.9 Å². The predicted molar refractivity (Wildman–Crippen MR) is 114 cm³/mol. The second kappa shape index (κ2) is 10.0. The molecule has 7 nitrogen and oxygen atoms in total. The molecule has 0 saturated heterocycles. The van der Waals surface area contributed by atoms with Gasteiger partial charge in [-0.2, -0.15) is 0 Å². The number of thioether (sulfide) groups is 1. The minimum atomic E-state index is -0.413. The zero-order valence-electron chi connectivity index (χ0n) is 16.7. The van der Waals surface area contributed by atoms with E-state index in [0.717, 1.165) is 5.56 Å². The molecule has 30 heavy (non-hydrogen) atoms. The average Bonchev–Trinajstić information content (AvgIpc) is 3.13. The van der Waals surface area contributed by atoms with Crippen LogP contribution in [0.5, 0.6) is 0 Å². The molecule has 1 aromatic heterocycles. The number of benzene rings is 2. The van der Waals surface area contributed by atoms with Gasteiger partial charge in [0.25, 0.3) is 5.91 Å². The van der Waals surface area contributed by atoms with Crippen LogP contribution in [-0.4, -0.2) is 32.3 Å². The Labute approximate surface area is 178 Å². The van der Waals surface area contributed by atoms with Crippen LogP contribution < -0.4 is 10.6 Å². The van der Waals surface area contributed by atoms with Crippen LogP contribution in [0.3, 0.4) is 0 Å². The van der Waals surface area contributed by atoms with Crippen molar-refractivity contribution in [2.24, 2.45) is 0 Å². The lowest BCUT2D eigenvalue weighted by Crippen LogP contribution is -2.24. The number of hydrogen-bond acceptors (Lipinski definition) is 5. The van der Waals surface area contributed by atoms with Gasteiger partial charge in [-0.3, -0.25) is 9.59 Å². The summed E-state index contributed by atoms with van der Waals surface area (Å²) in [5.41, 5.74) is 2.06. The zero-order chi connectivity index (χ0) is 21.5. The van der Waals surface area contributed by atoms with E-state index in [1.165, 1.54) is 30.0 Å². The zero-order valence-corrected chi connectivity index (χ0v) is 17.5. The average molecular weight is 428 g/mol. The van der Waals surface area contributed by atoms with Crippen molar-refractivity contribution in [3.63, 3.8) is 0 Å². The van der Waals surface area contributed by atoms with Gasteiger partial charge < -0.3 is 15.2 Å². The number of carbonyl (C=O) groups excluding carboxylic acids is 2. The Hall–Kier alpha value is -3.20. The largest absolute Gasteiger partial charge is 0.345 e. The lowest BCUT2D eigenvalue weighted by molar-refractivity contribution is -0.113. The van der Waals surface area contributed by atoms with E-state index in [1.807, 2.05) is 30.5 Å². The summed E-state index contributed by atoms with van der Waals surface area (Å²) in [5.74, 6) is -0.172. The van der Waals surface area contributed by atoms with Crippen molar-refractivity contribution in [1.29, 1.82) is 0 Å². The fourth-order valence-corrected chi connectivity index (χ4v) is 3.56. The highest BCUT2D eigenvalue weighted by Crippen LogP contribution is 2.18. The first-order valence-corrected chi connectivity index (χ1v) is 10.4. The third-order valence-corrected chi connectivity index (χ3v) is 5.24. The Kier molecular flexibility index (Phi) is 7.18. The Morgan fingerprint density at radius 3 is 2.60 bits per heavy atom. The maximum absolute atomic E-state index is 13.2. The molecule has 1 heterocycles. The molecule has 9 heteroatoms. The first-order valence-electron chi connectivity index (χ1n) is 9.41. The number of nitrogens with zero attached hydrogens (tertiary/aromatic N) is 3. The number of nitrogens with one attached hydrogen (secondary N) is 2. The first-order chi connectivity index (χ1) is 14.5. The summed E-state index contributed by atoms with van der Waals surface area (Å²) in [4.78, 5) is 24.4. The summed E-state index contributed by atoms with van der Waals surface area (Å²) in [6.07, 6.45) is 0. The van der Waals surface area contributed by atoms with Gasteiger partial charge in [-0.15, -0.1) is 10.2 Å². The summed E-state index contributed by atoms with van der Waals surface area (Å²) in [5, 5.41) is 14.3. The quantitative estimate of drug-likeness (QED) is 0.538. The van der Waals surface area contributed by atoms with Crippen molar-refractivity contribution in [2.75, 3.05) is 11.1 Å². The number of anilines is 1. The van der Waals surface area contributed by atoms with E-state index in [1.54, 1.807) is 18.2 Å². The number of aromatic nitrogens is 3. The Morgan fingerprint density at radius 2 is 1.90 bits per heavy atom. The van der Waals surface area contributed by atoms with Crippen molar-refractivity contribution in [1.82, 2.24) is 20.1 Å². The lowest BCUT2D eigenvalue weighted by atomic mass is 10.1. The maximum atomic E-state index is 13.2. The smallest absolute Gasteiger partial charge is 0.251 e. The Bertz CT molecular complexity index is 1040. The van der Waals surface area contributed by atoms with E-state index in [-0.39, 0.29) is 24.1 Å². The van der Waals surface area contributed by atoms with Crippen molar-refractivity contribution in [2.45, 2.75) is 32.1 Å². The highest BCUT2D eigenvalue weighted by Gasteiger charge is 2.14. The fourth-order valence-electron chi connectivity index (χ4n) is 2.73. The molecule has 0 saturated carbocycles. The SMILES string of the molecule is CCn1c(CNC(=O)c2ccc(C)cc2)nnc1SCC(=O)Nc1cccc(F)c1. The second-order valence-electron chi connectivity index (χ2n) is 6.54. The monoisotopic (exact) mass is 427 g/mol. The van der Waals surface area contributed by atoms with Crippen LogP contribution in [0, 0.1) is 12.7 Å². The molecule has 0 unspecified atom stereocenters. The van der Waals surface area contributed by atoms with E-state index < -0.39 is 5.82 Å². The van der Waals surface area contributed by atoms with Gasteiger partial charge in [-0.25, -0.2) is 4.39 Å². The van der Waals surface area contributed by atoms with Crippen LogP contribution in [0.2, 0.25) is 0 Å². The van der Waals surface area contributed by atoms with Crippen molar-refractivity contribution in [3.8, 4) is 0 Å². The van der Waals surface area contributed by atoms with Crippen molar-refractivity contribution >= 4 is 29.3 Å². The van der Waals surface area contributed by atoms with Crippen LogP contribution >= 0.6 is 11.8 Å². The molecule has 3 rings (SSSR count). The normalized spacial score (nSPS) is 10.6. The van der Waals surface area contributed by atoms with Gasteiger partial charge in [0, 0.05) is 17.8 Å². The molecule has 0 atom stereocenters. The van der Waals surface area contributed by atoms with Gasteiger partial charge in [0.2, 0.25) is 5.91 Å². The number of carbonyl (C=O) groups is 2. The van der Waals surface area contributed by atoms with E-state index in [4.69, 9.17) is 0 Å².